The fourth-order valence-corrected chi connectivity index (χ4v) is 0.419. The summed E-state index contributed by atoms with van der Waals surface area (Å²) in [5.41, 5.74) is 1.73. The monoisotopic (exact) mass is 159 g/mol. The Labute approximate surface area is 63.7 Å². The van der Waals surface area contributed by atoms with Gasteiger partial charge in [-0.3, -0.25) is 4.79 Å². The van der Waals surface area contributed by atoms with Gasteiger partial charge in [-0.1, -0.05) is 0 Å². The summed E-state index contributed by atoms with van der Waals surface area (Å²) in [4.78, 5) is 34.6. The molecule has 0 heterocycles. The second-order valence-corrected chi connectivity index (χ2v) is 1.91. The highest BCUT2D eigenvalue weighted by atomic mass is 16.7. The van der Waals surface area contributed by atoms with Gasteiger partial charge in [-0.2, -0.15) is 5.48 Å². The maximum absolute atomic E-state index is 10.5. The first-order valence-electron chi connectivity index (χ1n) is 3.05. The van der Waals surface area contributed by atoms with Crippen LogP contribution in [-0.4, -0.2) is 18.2 Å². The van der Waals surface area contributed by atoms with Crippen LogP contribution in [0.1, 0.15) is 19.8 Å². The first kappa shape index (κ1) is 9.61. The van der Waals surface area contributed by atoms with Crippen LogP contribution in [0.4, 0.5) is 0 Å². The van der Waals surface area contributed by atoms with Crippen molar-refractivity contribution in [2.24, 2.45) is 0 Å². The molecular formula is C6H9NO4. The van der Waals surface area contributed by atoms with Gasteiger partial charge in [0.1, 0.15) is 5.78 Å². The van der Waals surface area contributed by atoms with E-state index in [9.17, 15) is 14.4 Å². The smallest absolute Gasteiger partial charge is 0.332 e. The highest BCUT2D eigenvalue weighted by Gasteiger charge is 2.03. The molecule has 0 bridgehead atoms. The van der Waals surface area contributed by atoms with E-state index in [-0.39, 0.29) is 25.0 Å². The van der Waals surface area contributed by atoms with Gasteiger partial charge in [0.15, 0.2) is 0 Å². The van der Waals surface area contributed by atoms with E-state index in [0.717, 1.165) is 0 Å². The number of carbonyl (C=O) groups excluding carboxylic acids is 3. The van der Waals surface area contributed by atoms with Gasteiger partial charge in [0.25, 0.3) is 0 Å². The molecule has 0 aromatic heterocycles. The van der Waals surface area contributed by atoms with E-state index in [0.29, 0.717) is 0 Å². The molecule has 0 saturated carbocycles. The predicted octanol–water partition coefficient (Wildman–Crippen LogP) is -0.440. The van der Waals surface area contributed by atoms with Gasteiger partial charge >= 0.3 is 5.97 Å². The van der Waals surface area contributed by atoms with Crippen LogP contribution < -0.4 is 5.48 Å². The van der Waals surface area contributed by atoms with Crippen molar-refractivity contribution in [3.05, 3.63) is 0 Å². The number of amides is 1. The first-order chi connectivity index (χ1) is 5.16. The molecule has 0 radical (unpaired) electrons. The second kappa shape index (κ2) is 5.40. The zero-order chi connectivity index (χ0) is 8.69. The summed E-state index contributed by atoms with van der Waals surface area (Å²) in [7, 11) is 0. The molecule has 0 aliphatic carbocycles. The van der Waals surface area contributed by atoms with Gasteiger partial charge in [0.05, 0.1) is 6.42 Å². The lowest BCUT2D eigenvalue weighted by Gasteiger charge is -1.97. The molecule has 1 amide bonds. The summed E-state index contributed by atoms with van der Waals surface area (Å²) in [5.74, 6) is -0.708. The van der Waals surface area contributed by atoms with Crippen molar-refractivity contribution >= 4 is 18.2 Å². The summed E-state index contributed by atoms with van der Waals surface area (Å²) >= 11 is 0. The minimum atomic E-state index is -0.618. The summed E-state index contributed by atoms with van der Waals surface area (Å²) in [6, 6.07) is 0. The number of Topliss-reactive ketones (excluding diaryl/α,β-unsaturated/α-hetero) is 1. The van der Waals surface area contributed by atoms with Crippen molar-refractivity contribution in [2.75, 3.05) is 0 Å². The van der Waals surface area contributed by atoms with Gasteiger partial charge in [0.2, 0.25) is 6.41 Å². The number of rotatable bonds is 5. The predicted molar refractivity (Wildman–Crippen MR) is 35.2 cm³/mol. The minimum Gasteiger partial charge on any atom is -0.341 e. The molecule has 0 aromatic carbocycles. The molecule has 62 valence electrons. The lowest BCUT2D eigenvalue weighted by molar-refractivity contribution is -0.155. The van der Waals surface area contributed by atoms with Crippen LogP contribution in [-0.2, 0) is 19.2 Å². The fraction of sp³-hybridized carbons (Fsp3) is 0.500. The molecule has 0 aromatic rings. The van der Waals surface area contributed by atoms with Gasteiger partial charge in [-0.15, -0.1) is 0 Å². The Morgan fingerprint density at radius 2 is 2.09 bits per heavy atom. The van der Waals surface area contributed by atoms with Gasteiger partial charge < -0.3 is 9.63 Å². The van der Waals surface area contributed by atoms with Crippen molar-refractivity contribution in [2.45, 2.75) is 19.8 Å². The molecule has 5 nitrogen and oxygen atoms in total. The molecule has 11 heavy (non-hydrogen) atoms. The third-order valence-corrected chi connectivity index (χ3v) is 0.902. The molecule has 0 spiro atoms. The number of carbonyl (C=O) groups is 3. The normalized spacial score (nSPS) is 8.45. The quantitative estimate of drug-likeness (QED) is 0.436. The van der Waals surface area contributed by atoms with Crippen molar-refractivity contribution in [3.63, 3.8) is 0 Å². The van der Waals surface area contributed by atoms with Crippen LogP contribution in [0.15, 0.2) is 0 Å². The van der Waals surface area contributed by atoms with E-state index in [1.54, 1.807) is 5.48 Å². The number of hydrogen-bond acceptors (Lipinski definition) is 4. The standard InChI is InChI=1S/C6H9NO4/c1-5(9)2-3-6(10)11-7-4-8/h4H,2-3H2,1H3,(H,7,8). The molecule has 0 aliphatic rings. The number of nitrogens with one attached hydrogen (secondary N) is 1. The Morgan fingerprint density at radius 1 is 1.45 bits per heavy atom. The Balaban J connectivity index is 3.37. The topological polar surface area (TPSA) is 72.5 Å². The molecule has 0 unspecified atom stereocenters. The fourth-order valence-electron chi connectivity index (χ4n) is 0.419. The summed E-state index contributed by atoms with van der Waals surface area (Å²) in [6.07, 6.45) is 0.376. The van der Waals surface area contributed by atoms with Gasteiger partial charge in [-0.05, 0) is 6.92 Å². The maximum Gasteiger partial charge on any atom is 0.332 e. The third-order valence-electron chi connectivity index (χ3n) is 0.902. The van der Waals surface area contributed by atoms with Crippen molar-refractivity contribution in [3.8, 4) is 0 Å². The van der Waals surface area contributed by atoms with Crippen LogP contribution in [0.25, 0.3) is 0 Å². The molecule has 1 N–H and O–H groups in total. The van der Waals surface area contributed by atoms with Crippen LogP contribution >= 0.6 is 0 Å². The average Bonchev–Trinajstić information content (AvgIpc) is 1.97. The highest BCUT2D eigenvalue weighted by Crippen LogP contribution is 1.91. The average molecular weight is 159 g/mol. The van der Waals surface area contributed by atoms with E-state index in [4.69, 9.17) is 0 Å². The zero-order valence-electron chi connectivity index (χ0n) is 6.12. The van der Waals surface area contributed by atoms with Gasteiger partial charge in [0, 0.05) is 6.42 Å². The number of hydrogen-bond donors (Lipinski definition) is 1. The SMILES string of the molecule is CC(=O)CCC(=O)ONC=O. The second-order valence-electron chi connectivity index (χ2n) is 1.91. The van der Waals surface area contributed by atoms with E-state index in [1.165, 1.54) is 6.92 Å². The molecule has 0 rings (SSSR count). The van der Waals surface area contributed by atoms with E-state index < -0.39 is 5.97 Å². The Bertz CT molecular complexity index is 166. The summed E-state index contributed by atoms with van der Waals surface area (Å²) < 4.78 is 0. The largest absolute Gasteiger partial charge is 0.341 e. The maximum atomic E-state index is 10.5. The lowest BCUT2D eigenvalue weighted by atomic mass is 10.2. The molecule has 0 aliphatic heterocycles. The van der Waals surface area contributed by atoms with Crippen LogP contribution in [0, 0.1) is 0 Å². The van der Waals surface area contributed by atoms with Crippen LogP contribution in [0.2, 0.25) is 0 Å². The molecular weight excluding hydrogens is 150 g/mol. The summed E-state index contributed by atoms with van der Waals surface area (Å²) in [6.45, 7) is 1.38. The van der Waals surface area contributed by atoms with Crippen LogP contribution in [0.5, 0.6) is 0 Å². The van der Waals surface area contributed by atoms with Crippen molar-refractivity contribution in [1.82, 2.24) is 5.48 Å². The minimum absolute atomic E-state index is 0.00380. The lowest BCUT2D eigenvalue weighted by Crippen LogP contribution is -2.18. The Morgan fingerprint density at radius 3 is 2.55 bits per heavy atom. The molecule has 5 heteroatoms. The van der Waals surface area contributed by atoms with Crippen molar-refractivity contribution < 1.29 is 19.2 Å². The molecule has 0 saturated heterocycles. The summed E-state index contributed by atoms with van der Waals surface area (Å²) in [5, 5.41) is 0. The first-order valence-corrected chi connectivity index (χ1v) is 3.05. The number of ketones is 1. The van der Waals surface area contributed by atoms with E-state index in [2.05, 4.69) is 4.84 Å². The van der Waals surface area contributed by atoms with E-state index >= 15 is 0 Å². The Hall–Kier alpha value is -1.39. The van der Waals surface area contributed by atoms with Crippen molar-refractivity contribution in [1.29, 1.82) is 0 Å². The third kappa shape index (κ3) is 6.50. The number of hydroxylamine groups is 1. The van der Waals surface area contributed by atoms with Gasteiger partial charge in [-0.25, -0.2) is 4.79 Å². The molecule has 0 atom stereocenters. The van der Waals surface area contributed by atoms with Crippen LogP contribution in [0.3, 0.4) is 0 Å². The zero-order valence-corrected chi connectivity index (χ0v) is 6.12. The highest BCUT2D eigenvalue weighted by molar-refractivity contribution is 5.81. The Kier molecular flexibility index (Phi) is 4.72. The van der Waals surface area contributed by atoms with E-state index in [1.807, 2.05) is 0 Å². The molecule has 0 fully saturated rings.